The van der Waals surface area contributed by atoms with Gasteiger partial charge in [-0.3, -0.25) is 0 Å². The van der Waals surface area contributed by atoms with Crippen molar-refractivity contribution >= 4 is 11.8 Å². The van der Waals surface area contributed by atoms with Crippen LogP contribution in [0.3, 0.4) is 0 Å². The van der Waals surface area contributed by atoms with E-state index in [1.165, 1.54) is 0 Å². The van der Waals surface area contributed by atoms with Crippen molar-refractivity contribution < 1.29 is 13.2 Å². The van der Waals surface area contributed by atoms with Crippen molar-refractivity contribution in [3.63, 3.8) is 0 Å². The summed E-state index contributed by atoms with van der Waals surface area (Å²) in [4.78, 5) is 8.41. The number of halogens is 3. The van der Waals surface area contributed by atoms with Crippen molar-refractivity contribution in [1.29, 1.82) is 0 Å². The highest BCUT2D eigenvalue weighted by molar-refractivity contribution is 7.99. The van der Waals surface area contributed by atoms with Gasteiger partial charge in [0.25, 0.3) is 5.82 Å². The quantitative estimate of drug-likeness (QED) is 0.688. The summed E-state index contributed by atoms with van der Waals surface area (Å²) in [6, 6.07) is 1.60. The Morgan fingerprint density at radius 1 is 1.30 bits per heavy atom. The lowest BCUT2D eigenvalue weighted by Crippen LogP contribution is -2.21. The van der Waals surface area contributed by atoms with Crippen LogP contribution in [0, 0.1) is 0 Å². The van der Waals surface area contributed by atoms with Gasteiger partial charge in [-0.2, -0.15) is 13.2 Å². The SMILES string of the molecule is Nn1c(Sc2ccnc(C3CC3)n2)nnc1C(F)(F)F. The maximum atomic E-state index is 12.5. The Hall–Kier alpha value is -1.84. The summed E-state index contributed by atoms with van der Waals surface area (Å²) in [6.45, 7) is 0. The van der Waals surface area contributed by atoms with Gasteiger partial charge in [-0.25, -0.2) is 14.6 Å². The number of hydrogen-bond acceptors (Lipinski definition) is 6. The molecule has 10 heteroatoms. The fourth-order valence-electron chi connectivity index (χ4n) is 1.58. The van der Waals surface area contributed by atoms with E-state index in [0.29, 0.717) is 21.4 Å². The Bertz CT molecular complexity index is 636. The zero-order valence-corrected chi connectivity index (χ0v) is 10.8. The van der Waals surface area contributed by atoms with Crippen LogP contribution in [0.4, 0.5) is 13.2 Å². The molecule has 0 radical (unpaired) electrons. The van der Waals surface area contributed by atoms with Crippen LogP contribution < -0.4 is 5.84 Å². The van der Waals surface area contributed by atoms with Gasteiger partial charge in [-0.05, 0) is 30.7 Å². The standard InChI is InChI=1S/C10H9F3N6S/c11-10(12,13)8-17-18-9(19(8)14)20-6-3-4-15-7(16-6)5-1-2-5/h3-5H,1-2,14H2. The smallest absolute Gasteiger partial charge is 0.335 e. The Morgan fingerprint density at radius 2 is 2.05 bits per heavy atom. The molecular formula is C10H9F3N6S. The number of nitrogens with two attached hydrogens (primary N) is 1. The van der Waals surface area contributed by atoms with Crippen molar-refractivity contribution in [3.05, 3.63) is 23.9 Å². The Labute approximate surface area is 115 Å². The molecule has 0 saturated heterocycles. The van der Waals surface area contributed by atoms with E-state index in [4.69, 9.17) is 5.84 Å². The molecule has 2 N–H and O–H groups in total. The van der Waals surface area contributed by atoms with Crippen LogP contribution >= 0.6 is 11.8 Å². The molecule has 3 rings (SSSR count). The van der Waals surface area contributed by atoms with Gasteiger partial charge in [0, 0.05) is 12.1 Å². The molecule has 1 fully saturated rings. The molecule has 0 amide bonds. The minimum atomic E-state index is -4.63. The summed E-state index contributed by atoms with van der Waals surface area (Å²) in [6.07, 6.45) is -0.977. The molecular weight excluding hydrogens is 293 g/mol. The lowest BCUT2D eigenvalue weighted by Gasteiger charge is -2.06. The third-order valence-corrected chi connectivity index (χ3v) is 3.60. The molecule has 2 aromatic heterocycles. The highest BCUT2D eigenvalue weighted by Crippen LogP contribution is 2.38. The molecule has 2 heterocycles. The van der Waals surface area contributed by atoms with Crippen LogP contribution in [0.5, 0.6) is 0 Å². The second-order valence-corrected chi connectivity index (χ2v) is 5.29. The summed E-state index contributed by atoms with van der Waals surface area (Å²) in [5.41, 5.74) is 0. The minimum Gasteiger partial charge on any atom is -0.335 e. The minimum absolute atomic E-state index is 0.0715. The van der Waals surface area contributed by atoms with E-state index in [0.717, 1.165) is 24.6 Å². The fourth-order valence-corrected chi connectivity index (χ4v) is 2.31. The summed E-state index contributed by atoms with van der Waals surface area (Å²) < 4.78 is 38.0. The summed E-state index contributed by atoms with van der Waals surface area (Å²) in [5, 5.41) is 6.91. The molecule has 0 spiro atoms. The molecule has 20 heavy (non-hydrogen) atoms. The summed E-state index contributed by atoms with van der Waals surface area (Å²) >= 11 is 0.924. The maximum absolute atomic E-state index is 12.5. The predicted molar refractivity (Wildman–Crippen MR) is 63.3 cm³/mol. The zero-order chi connectivity index (χ0) is 14.3. The van der Waals surface area contributed by atoms with E-state index < -0.39 is 12.0 Å². The maximum Gasteiger partial charge on any atom is 0.453 e. The molecule has 1 aliphatic rings. The van der Waals surface area contributed by atoms with Gasteiger partial charge in [-0.15, -0.1) is 10.2 Å². The lowest BCUT2D eigenvalue weighted by atomic mass is 10.4. The normalized spacial score (nSPS) is 15.6. The largest absolute Gasteiger partial charge is 0.453 e. The highest BCUT2D eigenvalue weighted by Gasteiger charge is 2.38. The average molecular weight is 302 g/mol. The van der Waals surface area contributed by atoms with Crippen molar-refractivity contribution in [2.45, 2.75) is 35.1 Å². The van der Waals surface area contributed by atoms with Crippen LogP contribution in [0.1, 0.15) is 30.4 Å². The highest BCUT2D eigenvalue weighted by atomic mass is 32.2. The number of aromatic nitrogens is 5. The summed E-state index contributed by atoms with van der Waals surface area (Å²) in [7, 11) is 0. The number of rotatable bonds is 3. The first-order valence-electron chi connectivity index (χ1n) is 5.73. The molecule has 0 unspecified atom stereocenters. The molecule has 6 nitrogen and oxygen atoms in total. The van der Waals surface area contributed by atoms with Crippen LogP contribution in [0.2, 0.25) is 0 Å². The van der Waals surface area contributed by atoms with Gasteiger partial charge < -0.3 is 5.84 Å². The monoisotopic (exact) mass is 302 g/mol. The van der Waals surface area contributed by atoms with E-state index >= 15 is 0 Å². The third kappa shape index (κ3) is 2.55. The number of alkyl halides is 3. The molecule has 0 aromatic carbocycles. The molecule has 1 aliphatic carbocycles. The van der Waals surface area contributed by atoms with Gasteiger partial charge in [0.2, 0.25) is 5.16 Å². The van der Waals surface area contributed by atoms with Crippen LogP contribution in [-0.2, 0) is 6.18 Å². The third-order valence-electron chi connectivity index (χ3n) is 2.71. The first-order chi connectivity index (χ1) is 9.45. The van der Waals surface area contributed by atoms with Gasteiger partial charge in [0.1, 0.15) is 10.9 Å². The number of nitrogens with zero attached hydrogens (tertiary/aromatic N) is 5. The second kappa shape index (κ2) is 4.62. The first-order valence-corrected chi connectivity index (χ1v) is 6.55. The molecule has 0 atom stereocenters. The first kappa shape index (κ1) is 13.2. The summed E-state index contributed by atoms with van der Waals surface area (Å²) in [5.74, 6) is 5.18. The van der Waals surface area contributed by atoms with Crippen LogP contribution in [0.25, 0.3) is 0 Å². The molecule has 2 aromatic rings. The van der Waals surface area contributed by atoms with Crippen molar-refractivity contribution in [3.8, 4) is 0 Å². The van der Waals surface area contributed by atoms with Crippen molar-refractivity contribution in [2.75, 3.05) is 5.84 Å². The number of nitrogen functional groups attached to an aromatic ring is 1. The van der Waals surface area contributed by atoms with Gasteiger partial charge in [0.15, 0.2) is 0 Å². The molecule has 1 saturated carbocycles. The van der Waals surface area contributed by atoms with E-state index in [2.05, 4.69) is 20.2 Å². The van der Waals surface area contributed by atoms with E-state index in [1.807, 2.05) is 0 Å². The van der Waals surface area contributed by atoms with E-state index in [-0.39, 0.29) is 5.16 Å². The van der Waals surface area contributed by atoms with Crippen molar-refractivity contribution in [2.24, 2.45) is 0 Å². The van der Waals surface area contributed by atoms with Gasteiger partial charge in [-0.1, -0.05) is 0 Å². The lowest BCUT2D eigenvalue weighted by molar-refractivity contribution is -0.146. The Morgan fingerprint density at radius 3 is 2.65 bits per heavy atom. The topological polar surface area (TPSA) is 82.5 Å². The fraction of sp³-hybridized carbons (Fsp3) is 0.400. The van der Waals surface area contributed by atoms with Gasteiger partial charge in [0.05, 0.1) is 0 Å². The van der Waals surface area contributed by atoms with E-state index in [9.17, 15) is 13.2 Å². The van der Waals surface area contributed by atoms with E-state index in [1.54, 1.807) is 12.3 Å². The molecule has 0 bridgehead atoms. The Kier molecular flexibility index (Phi) is 3.04. The average Bonchev–Trinajstić information content (AvgIpc) is 3.15. The molecule has 0 aliphatic heterocycles. The van der Waals surface area contributed by atoms with Crippen LogP contribution in [-0.4, -0.2) is 24.8 Å². The van der Waals surface area contributed by atoms with Crippen molar-refractivity contribution in [1.82, 2.24) is 24.8 Å². The Balaban J connectivity index is 1.84. The molecule has 106 valence electrons. The number of hydrogen-bond donors (Lipinski definition) is 1. The predicted octanol–water partition coefficient (Wildman–Crippen LogP) is 1.83. The van der Waals surface area contributed by atoms with Gasteiger partial charge >= 0.3 is 6.18 Å². The van der Waals surface area contributed by atoms with Crippen LogP contribution in [0.15, 0.2) is 22.4 Å². The second-order valence-electron chi connectivity index (χ2n) is 4.30. The zero-order valence-electron chi connectivity index (χ0n) is 10.0.